The van der Waals surface area contributed by atoms with E-state index in [4.69, 9.17) is 5.73 Å². The number of nitrogens with two attached hydrogens (primary N) is 1. The summed E-state index contributed by atoms with van der Waals surface area (Å²) in [6.45, 7) is 8.13. The third kappa shape index (κ3) is 6.54. The Morgan fingerprint density at radius 1 is 1.54 bits per heavy atom. The monoisotopic (exact) mass is 201 g/mol. The van der Waals surface area contributed by atoms with Crippen LogP contribution in [0.5, 0.6) is 0 Å². The quantitative estimate of drug-likeness (QED) is 0.529. The third-order valence-electron chi connectivity index (χ3n) is 1.65. The molecular weight excluding hydrogens is 182 g/mol. The second-order valence-electron chi connectivity index (χ2n) is 4.55. The summed E-state index contributed by atoms with van der Waals surface area (Å²) in [5, 5.41) is 9.55. The number of primary amides is 1. The predicted octanol–water partition coefficient (Wildman–Crippen LogP) is 1.12. The van der Waals surface area contributed by atoms with Crippen LogP contribution in [-0.4, -0.2) is 25.2 Å². The summed E-state index contributed by atoms with van der Waals surface area (Å²) in [6, 6.07) is 0.762. The van der Waals surface area contributed by atoms with Crippen molar-refractivity contribution in [1.29, 1.82) is 0 Å². The van der Waals surface area contributed by atoms with Crippen molar-refractivity contribution in [3.63, 3.8) is 0 Å². The molecule has 0 heterocycles. The number of aliphatic hydroxyl groups is 1. The number of aliphatic hydroxyl groups excluding tert-OH is 1. The molecule has 0 saturated carbocycles. The van der Waals surface area contributed by atoms with Gasteiger partial charge < -0.3 is 10.8 Å². The van der Waals surface area contributed by atoms with Gasteiger partial charge in [-0.3, -0.25) is 4.79 Å². The fourth-order valence-electron chi connectivity index (χ4n) is 1.06. The summed E-state index contributed by atoms with van der Waals surface area (Å²) in [4.78, 5) is 10.7. The highest BCUT2D eigenvalue weighted by molar-refractivity contribution is 6.76. The van der Waals surface area contributed by atoms with Gasteiger partial charge in [-0.25, -0.2) is 0 Å². The first-order valence-corrected chi connectivity index (χ1v) is 8.09. The Hall–Kier alpha value is -0.613. The average Bonchev–Trinajstić information content (AvgIpc) is 1.81. The summed E-state index contributed by atoms with van der Waals surface area (Å²) in [7, 11) is -1.27. The summed E-state index contributed by atoms with van der Waals surface area (Å²) < 4.78 is 0. The molecule has 0 rings (SSSR count). The minimum Gasteiger partial charge on any atom is -0.389 e. The van der Waals surface area contributed by atoms with Crippen molar-refractivity contribution in [3.8, 4) is 0 Å². The van der Waals surface area contributed by atoms with Gasteiger partial charge in [-0.1, -0.05) is 19.6 Å². The van der Waals surface area contributed by atoms with Crippen molar-refractivity contribution >= 4 is 14.0 Å². The lowest BCUT2D eigenvalue weighted by molar-refractivity contribution is -0.114. The number of carbonyl (C=O) groups excluding carboxylic acids is 1. The summed E-state index contributed by atoms with van der Waals surface area (Å²) >= 11 is 0. The molecule has 13 heavy (non-hydrogen) atoms. The van der Waals surface area contributed by atoms with Crippen molar-refractivity contribution < 1.29 is 9.90 Å². The molecule has 0 aromatic carbocycles. The zero-order valence-corrected chi connectivity index (χ0v) is 9.79. The molecule has 0 radical (unpaired) electrons. The van der Waals surface area contributed by atoms with E-state index in [2.05, 4.69) is 19.6 Å². The standard InChI is InChI=1S/C9H19NO2Si/c1-7(9(10)12)5-8(11)6-13(2,3)4/h5,8,11H,6H2,1-4H3,(H2,10,12). The molecular formula is C9H19NO2Si. The molecule has 3 nitrogen and oxygen atoms in total. The van der Waals surface area contributed by atoms with Crippen LogP contribution in [0, 0.1) is 0 Å². The Kier molecular flexibility index (Phi) is 4.36. The van der Waals surface area contributed by atoms with Gasteiger partial charge in [-0.15, -0.1) is 0 Å². The Balaban J connectivity index is 4.23. The zero-order valence-electron chi connectivity index (χ0n) is 8.79. The van der Waals surface area contributed by atoms with Gasteiger partial charge in [0.2, 0.25) is 5.91 Å². The molecule has 0 bridgehead atoms. The van der Waals surface area contributed by atoms with Crippen molar-refractivity contribution in [3.05, 3.63) is 11.6 Å². The van der Waals surface area contributed by atoms with E-state index in [1.807, 2.05) is 0 Å². The first kappa shape index (κ1) is 12.4. The normalized spacial score (nSPS) is 15.6. The number of carbonyl (C=O) groups is 1. The Morgan fingerprint density at radius 3 is 2.31 bits per heavy atom. The Bertz CT molecular complexity index is 218. The molecule has 0 aliphatic carbocycles. The second-order valence-corrected chi connectivity index (χ2v) is 10.1. The second kappa shape index (κ2) is 4.57. The molecule has 3 N–H and O–H groups in total. The molecule has 1 atom stereocenters. The molecule has 0 aliphatic rings. The molecule has 0 aliphatic heterocycles. The predicted molar refractivity (Wildman–Crippen MR) is 57.1 cm³/mol. The maximum Gasteiger partial charge on any atom is 0.244 e. The van der Waals surface area contributed by atoms with Gasteiger partial charge >= 0.3 is 0 Å². The van der Waals surface area contributed by atoms with Crippen LogP contribution in [-0.2, 0) is 4.79 Å². The van der Waals surface area contributed by atoms with Crippen LogP contribution in [0.25, 0.3) is 0 Å². The molecule has 1 amide bonds. The van der Waals surface area contributed by atoms with E-state index in [0.29, 0.717) is 5.57 Å². The van der Waals surface area contributed by atoms with E-state index in [-0.39, 0.29) is 0 Å². The Labute approximate surface area is 80.6 Å². The van der Waals surface area contributed by atoms with Crippen molar-refractivity contribution in [1.82, 2.24) is 0 Å². The summed E-state index contributed by atoms with van der Waals surface area (Å²) in [6.07, 6.45) is 1.01. The number of hydrogen-bond donors (Lipinski definition) is 2. The van der Waals surface area contributed by atoms with E-state index in [1.54, 1.807) is 13.0 Å². The molecule has 76 valence electrons. The lowest BCUT2D eigenvalue weighted by Gasteiger charge is -2.18. The van der Waals surface area contributed by atoms with Gasteiger partial charge in [0.15, 0.2) is 0 Å². The highest BCUT2D eigenvalue weighted by Crippen LogP contribution is 2.13. The molecule has 1 unspecified atom stereocenters. The van der Waals surface area contributed by atoms with Crippen molar-refractivity contribution in [2.75, 3.05) is 0 Å². The first-order chi connectivity index (χ1) is 5.72. The first-order valence-electron chi connectivity index (χ1n) is 4.38. The molecule has 0 saturated heterocycles. The van der Waals surface area contributed by atoms with Crippen LogP contribution in [0.3, 0.4) is 0 Å². The maximum atomic E-state index is 10.7. The lowest BCUT2D eigenvalue weighted by atomic mass is 10.2. The van der Waals surface area contributed by atoms with Gasteiger partial charge in [-0.2, -0.15) is 0 Å². The maximum absolute atomic E-state index is 10.7. The van der Waals surface area contributed by atoms with Crippen molar-refractivity contribution in [2.24, 2.45) is 5.73 Å². The van der Waals surface area contributed by atoms with Crippen LogP contribution in [0.1, 0.15) is 6.92 Å². The highest BCUT2D eigenvalue weighted by atomic mass is 28.3. The fourth-order valence-corrected chi connectivity index (χ4v) is 2.43. The molecule has 0 aromatic heterocycles. The Morgan fingerprint density at radius 2 is 2.00 bits per heavy atom. The van der Waals surface area contributed by atoms with E-state index in [0.717, 1.165) is 6.04 Å². The fraction of sp³-hybridized carbons (Fsp3) is 0.667. The van der Waals surface area contributed by atoms with Crippen LogP contribution < -0.4 is 5.73 Å². The van der Waals surface area contributed by atoms with Gasteiger partial charge in [0, 0.05) is 13.6 Å². The minimum absolute atomic E-state index is 0.436. The number of amides is 1. The number of rotatable bonds is 4. The van der Waals surface area contributed by atoms with Gasteiger partial charge in [0.25, 0.3) is 0 Å². The molecule has 0 spiro atoms. The van der Waals surface area contributed by atoms with Crippen LogP contribution in [0.4, 0.5) is 0 Å². The SMILES string of the molecule is CC(=CC(O)C[Si](C)(C)C)C(N)=O. The van der Waals surface area contributed by atoms with E-state index in [1.165, 1.54) is 0 Å². The molecule has 0 fully saturated rings. The van der Waals surface area contributed by atoms with Gasteiger partial charge in [0.05, 0.1) is 6.10 Å². The minimum atomic E-state index is -1.27. The third-order valence-corrected chi connectivity index (χ3v) is 3.30. The van der Waals surface area contributed by atoms with Gasteiger partial charge in [-0.05, 0) is 19.0 Å². The topological polar surface area (TPSA) is 63.3 Å². The van der Waals surface area contributed by atoms with Crippen molar-refractivity contribution in [2.45, 2.75) is 38.7 Å². The van der Waals surface area contributed by atoms with E-state index in [9.17, 15) is 9.90 Å². The largest absolute Gasteiger partial charge is 0.389 e. The molecule has 4 heteroatoms. The van der Waals surface area contributed by atoms with Crippen LogP contribution in [0.15, 0.2) is 11.6 Å². The smallest absolute Gasteiger partial charge is 0.244 e. The lowest BCUT2D eigenvalue weighted by Crippen LogP contribution is -2.26. The van der Waals surface area contributed by atoms with E-state index >= 15 is 0 Å². The van der Waals surface area contributed by atoms with E-state index < -0.39 is 20.1 Å². The summed E-state index contributed by atoms with van der Waals surface area (Å²) in [5.74, 6) is -0.463. The van der Waals surface area contributed by atoms with Crippen LogP contribution in [0.2, 0.25) is 25.7 Å². The summed E-state index contributed by atoms with van der Waals surface area (Å²) in [5.41, 5.74) is 5.48. The van der Waals surface area contributed by atoms with Gasteiger partial charge in [0.1, 0.15) is 0 Å². The zero-order chi connectivity index (χ0) is 10.6. The molecule has 0 aromatic rings. The highest BCUT2D eigenvalue weighted by Gasteiger charge is 2.17. The number of hydrogen-bond acceptors (Lipinski definition) is 2. The van der Waals surface area contributed by atoms with Crippen LogP contribution >= 0.6 is 0 Å². The average molecular weight is 201 g/mol.